The first-order valence-electron chi connectivity index (χ1n) is 8.23. The Morgan fingerprint density at radius 3 is 2.28 bits per heavy atom. The van der Waals surface area contributed by atoms with E-state index in [2.05, 4.69) is 0 Å². The Bertz CT molecular complexity index is 754. The summed E-state index contributed by atoms with van der Waals surface area (Å²) in [4.78, 5) is 25.3. The summed E-state index contributed by atoms with van der Waals surface area (Å²) in [7, 11) is -2.12. The summed E-state index contributed by atoms with van der Waals surface area (Å²) in [5.74, 6) is -1.40. The van der Waals surface area contributed by atoms with Crippen LogP contribution in [0.4, 0.5) is 0 Å². The molecule has 1 aromatic carbocycles. The quantitative estimate of drug-likeness (QED) is 0.821. The molecule has 0 aliphatic heterocycles. The van der Waals surface area contributed by atoms with Gasteiger partial charge in [0.05, 0.1) is 16.9 Å². The first-order chi connectivity index (χ1) is 11.6. The van der Waals surface area contributed by atoms with Crippen molar-refractivity contribution in [1.29, 1.82) is 0 Å². The summed E-state index contributed by atoms with van der Waals surface area (Å²) in [5.41, 5.74) is 0.682. The summed E-state index contributed by atoms with van der Waals surface area (Å²) in [6.07, 6.45) is 2.14. The van der Waals surface area contributed by atoms with E-state index in [1.54, 1.807) is 24.1 Å². The van der Waals surface area contributed by atoms with E-state index in [4.69, 9.17) is 10.2 Å². The molecule has 1 unspecified atom stereocenters. The van der Waals surface area contributed by atoms with Gasteiger partial charge in [-0.05, 0) is 50.3 Å². The van der Waals surface area contributed by atoms with Crippen LogP contribution >= 0.6 is 0 Å². The summed E-state index contributed by atoms with van der Waals surface area (Å²) >= 11 is 0. The predicted molar refractivity (Wildman–Crippen MR) is 92.1 cm³/mol. The van der Waals surface area contributed by atoms with E-state index in [1.807, 2.05) is 6.92 Å². The van der Waals surface area contributed by atoms with E-state index in [0.29, 0.717) is 31.2 Å². The Morgan fingerprint density at radius 2 is 1.76 bits per heavy atom. The second-order valence-electron chi connectivity index (χ2n) is 6.63. The van der Waals surface area contributed by atoms with E-state index in [0.717, 1.165) is 0 Å². The van der Waals surface area contributed by atoms with Crippen LogP contribution in [0.3, 0.4) is 0 Å². The normalized spacial score (nSPS) is 22.2. The number of aliphatic carboxylic acids is 1. The van der Waals surface area contributed by atoms with Gasteiger partial charge in [-0.15, -0.1) is 0 Å². The minimum Gasteiger partial charge on any atom is -0.481 e. The van der Waals surface area contributed by atoms with Crippen molar-refractivity contribution in [3.8, 4) is 0 Å². The lowest BCUT2D eigenvalue weighted by Crippen LogP contribution is -2.37. The second kappa shape index (κ2) is 7.53. The first-order valence-corrected chi connectivity index (χ1v) is 9.78. The molecule has 0 aromatic heterocycles. The van der Waals surface area contributed by atoms with Gasteiger partial charge in [-0.3, -0.25) is 9.59 Å². The summed E-state index contributed by atoms with van der Waals surface area (Å²) in [6, 6.07) is 5.93. The molecule has 1 amide bonds. The van der Waals surface area contributed by atoms with Crippen molar-refractivity contribution in [2.75, 3.05) is 7.05 Å². The van der Waals surface area contributed by atoms with Crippen LogP contribution < -0.4 is 5.14 Å². The maximum atomic E-state index is 12.7. The number of carboxylic acid groups (broad SMARTS) is 1. The summed E-state index contributed by atoms with van der Waals surface area (Å²) in [6.45, 7) is 1.82. The lowest BCUT2D eigenvalue weighted by Gasteiger charge is -2.32. The molecule has 0 bridgehead atoms. The van der Waals surface area contributed by atoms with Crippen molar-refractivity contribution >= 4 is 21.9 Å². The SMILES string of the molecule is CC(c1cccc(S(N)(=O)=O)c1)N(C)C(=O)C1CCC(C(=O)O)CC1. The molecule has 0 spiro atoms. The molecule has 3 N–H and O–H groups in total. The number of nitrogens with zero attached hydrogens (tertiary/aromatic N) is 1. The predicted octanol–water partition coefficient (Wildman–Crippen LogP) is 1.74. The molecule has 0 heterocycles. The standard InChI is InChI=1S/C17H24N2O5S/c1-11(14-4-3-5-15(10-14)25(18,23)24)19(2)16(20)12-6-8-13(9-7-12)17(21)22/h3-5,10-13H,6-9H2,1-2H3,(H,21,22)(H2,18,23,24). The molecule has 1 aliphatic carbocycles. The van der Waals surface area contributed by atoms with E-state index < -0.39 is 16.0 Å². The summed E-state index contributed by atoms with van der Waals surface area (Å²) < 4.78 is 23.0. The average molecular weight is 368 g/mol. The molecule has 0 radical (unpaired) electrons. The van der Waals surface area contributed by atoms with Crippen LogP contribution in [0.5, 0.6) is 0 Å². The smallest absolute Gasteiger partial charge is 0.306 e. The molecular weight excluding hydrogens is 344 g/mol. The molecule has 8 heteroatoms. The Balaban J connectivity index is 2.08. The maximum absolute atomic E-state index is 12.7. The number of carboxylic acids is 1. The molecule has 1 aromatic rings. The average Bonchev–Trinajstić information content (AvgIpc) is 2.59. The van der Waals surface area contributed by atoms with Gasteiger partial charge in [0.1, 0.15) is 0 Å². The van der Waals surface area contributed by atoms with Crippen molar-refractivity contribution in [1.82, 2.24) is 4.90 Å². The molecule has 7 nitrogen and oxygen atoms in total. The number of carbonyl (C=O) groups excluding carboxylic acids is 1. The number of carbonyl (C=O) groups is 2. The fraction of sp³-hybridized carbons (Fsp3) is 0.529. The highest BCUT2D eigenvalue weighted by atomic mass is 32.2. The van der Waals surface area contributed by atoms with Crippen molar-refractivity contribution < 1.29 is 23.1 Å². The molecule has 138 valence electrons. The minimum absolute atomic E-state index is 0.0136. The zero-order valence-electron chi connectivity index (χ0n) is 14.4. The number of rotatable bonds is 5. The topological polar surface area (TPSA) is 118 Å². The third kappa shape index (κ3) is 4.58. The van der Waals surface area contributed by atoms with Gasteiger partial charge in [-0.25, -0.2) is 13.6 Å². The molecular formula is C17H24N2O5S. The highest BCUT2D eigenvalue weighted by molar-refractivity contribution is 7.89. The number of sulfonamides is 1. The van der Waals surface area contributed by atoms with Gasteiger partial charge in [0, 0.05) is 13.0 Å². The second-order valence-corrected chi connectivity index (χ2v) is 8.19. The zero-order chi connectivity index (χ0) is 18.8. The number of hydrogen-bond donors (Lipinski definition) is 2. The fourth-order valence-electron chi connectivity index (χ4n) is 3.24. The van der Waals surface area contributed by atoms with E-state index >= 15 is 0 Å². The van der Waals surface area contributed by atoms with Gasteiger partial charge in [0.15, 0.2) is 0 Å². The number of benzene rings is 1. The van der Waals surface area contributed by atoms with E-state index in [9.17, 15) is 18.0 Å². The molecule has 1 aliphatic rings. The van der Waals surface area contributed by atoms with Gasteiger partial charge in [-0.1, -0.05) is 12.1 Å². The van der Waals surface area contributed by atoms with Crippen LogP contribution in [0.1, 0.15) is 44.2 Å². The highest BCUT2D eigenvalue weighted by Crippen LogP contribution is 2.32. The van der Waals surface area contributed by atoms with Crippen LogP contribution in [0.2, 0.25) is 0 Å². The number of nitrogens with two attached hydrogens (primary N) is 1. The lowest BCUT2D eigenvalue weighted by molar-refractivity contribution is -0.145. The third-order valence-corrected chi connectivity index (χ3v) is 5.93. The largest absolute Gasteiger partial charge is 0.481 e. The molecule has 25 heavy (non-hydrogen) atoms. The highest BCUT2D eigenvalue weighted by Gasteiger charge is 2.32. The Hall–Kier alpha value is -1.93. The molecule has 1 fully saturated rings. The van der Waals surface area contributed by atoms with Gasteiger partial charge in [0.2, 0.25) is 15.9 Å². The molecule has 2 rings (SSSR count). The van der Waals surface area contributed by atoms with Crippen LogP contribution in [0.25, 0.3) is 0 Å². The number of hydrogen-bond acceptors (Lipinski definition) is 4. The van der Waals surface area contributed by atoms with Crippen LogP contribution in [0, 0.1) is 11.8 Å². The van der Waals surface area contributed by atoms with Crippen molar-refractivity contribution in [3.05, 3.63) is 29.8 Å². The molecule has 1 saturated carbocycles. The van der Waals surface area contributed by atoms with E-state index in [-0.39, 0.29) is 28.7 Å². The third-order valence-electron chi connectivity index (χ3n) is 5.02. The number of primary sulfonamides is 1. The molecule has 1 atom stereocenters. The Morgan fingerprint density at radius 1 is 1.20 bits per heavy atom. The fourth-order valence-corrected chi connectivity index (χ4v) is 3.81. The summed E-state index contributed by atoms with van der Waals surface area (Å²) in [5, 5.41) is 14.2. The number of amides is 1. The zero-order valence-corrected chi connectivity index (χ0v) is 15.2. The van der Waals surface area contributed by atoms with Crippen molar-refractivity contribution in [2.45, 2.75) is 43.5 Å². The van der Waals surface area contributed by atoms with Crippen LogP contribution in [0.15, 0.2) is 29.2 Å². The minimum atomic E-state index is -3.80. The van der Waals surface area contributed by atoms with Crippen LogP contribution in [-0.2, 0) is 19.6 Å². The van der Waals surface area contributed by atoms with Gasteiger partial charge in [-0.2, -0.15) is 0 Å². The van der Waals surface area contributed by atoms with Gasteiger partial charge in [0.25, 0.3) is 0 Å². The van der Waals surface area contributed by atoms with E-state index in [1.165, 1.54) is 12.1 Å². The lowest BCUT2D eigenvalue weighted by atomic mass is 9.81. The van der Waals surface area contributed by atoms with Crippen LogP contribution in [-0.4, -0.2) is 37.3 Å². The Kier molecular flexibility index (Phi) is 5.84. The molecule has 0 saturated heterocycles. The monoisotopic (exact) mass is 368 g/mol. The first kappa shape index (κ1) is 19.4. The van der Waals surface area contributed by atoms with Gasteiger partial charge >= 0.3 is 5.97 Å². The van der Waals surface area contributed by atoms with Crippen molar-refractivity contribution in [2.24, 2.45) is 17.0 Å². The van der Waals surface area contributed by atoms with Crippen molar-refractivity contribution in [3.63, 3.8) is 0 Å². The Labute approximate surface area is 147 Å². The van der Waals surface area contributed by atoms with Gasteiger partial charge < -0.3 is 10.0 Å². The maximum Gasteiger partial charge on any atom is 0.306 e.